The van der Waals surface area contributed by atoms with Crippen LogP contribution in [0.4, 0.5) is 5.69 Å². The van der Waals surface area contributed by atoms with Crippen molar-refractivity contribution >= 4 is 22.9 Å². The average molecular weight is 296 g/mol. The summed E-state index contributed by atoms with van der Waals surface area (Å²) in [4.78, 5) is 24.3. The lowest BCUT2D eigenvalue weighted by Crippen LogP contribution is -2.13. The van der Waals surface area contributed by atoms with Gasteiger partial charge in [-0.25, -0.2) is 9.97 Å². The van der Waals surface area contributed by atoms with Crippen molar-refractivity contribution in [2.45, 2.75) is 6.92 Å². The number of aromatic nitrogens is 3. The van der Waals surface area contributed by atoms with Crippen LogP contribution in [-0.2, 0) is 0 Å². The van der Waals surface area contributed by atoms with Gasteiger partial charge in [-0.2, -0.15) is 0 Å². The summed E-state index contributed by atoms with van der Waals surface area (Å²) in [5.41, 5.74) is 2.87. The fourth-order valence-electron chi connectivity index (χ4n) is 1.86. The van der Waals surface area contributed by atoms with Crippen molar-refractivity contribution < 1.29 is 4.79 Å². The fraction of sp³-hybridized carbons (Fsp3) is 0.0667. The van der Waals surface area contributed by atoms with Crippen LogP contribution in [0.2, 0.25) is 0 Å². The van der Waals surface area contributed by atoms with Gasteiger partial charge in [-0.1, -0.05) is 12.1 Å². The number of benzene rings is 1. The van der Waals surface area contributed by atoms with Crippen LogP contribution in [-0.4, -0.2) is 20.9 Å². The quantitative estimate of drug-likeness (QED) is 0.806. The third-order valence-corrected chi connectivity index (χ3v) is 3.60. The van der Waals surface area contributed by atoms with E-state index < -0.39 is 0 Å². The zero-order valence-corrected chi connectivity index (χ0v) is 12.1. The molecule has 3 aromatic rings. The van der Waals surface area contributed by atoms with Crippen molar-refractivity contribution in [3.05, 3.63) is 58.9 Å². The van der Waals surface area contributed by atoms with Gasteiger partial charge >= 0.3 is 0 Å². The molecule has 0 atom stereocenters. The van der Waals surface area contributed by atoms with E-state index in [4.69, 9.17) is 0 Å². The topological polar surface area (TPSA) is 67.8 Å². The maximum absolute atomic E-state index is 12.0. The number of carbonyl (C=O) groups excluding carboxylic acids is 1. The van der Waals surface area contributed by atoms with E-state index in [-0.39, 0.29) is 11.6 Å². The number of rotatable bonds is 3. The summed E-state index contributed by atoms with van der Waals surface area (Å²) in [5.74, 6) is -0.283. The van der Waals surface area contributed by atoms with Crippen LogP contribution in [0.25, 0.3) is 11.3 Å². The first-order valence-corrected chi connectivity index (χ1v) is 7.20. The Hall–Kier alpha value is -2.60. The van der Waals surface area contributed by atoms with Crippen LogP contribution in [0.5, 0.6) is 0 Å². The van der Waals surface area contributed by atoms with Gasteiger partial charge in [-0.3, -0.25) is 9.78 Å². The highest BCUT2D eigenvalue weighted by molar-refractivity contribution is 7.09. The van der Waals surface area contributed by atoms with Gasteiger partial charge in [-0.05, 0) is 19.1 Å². The van der Waals surface area contributed by atoms with Crippen molar-refractivity contribution in [3.63, 3.8) is 0 Å². The zero-order valence-electron chi connectivity index (χ0n) is 11.3. The van der Waals surface area contributed by atoms with E-state index in [2.05, 4.69) is 20.3 Å². The van der Waals surface area contributed by atoms with Gasteiger partial charge in [0, 0.05) is 29.0 Å². The standard InChI is InChI=1S/C15H12N4OS/c1-10-18-14(9-21-10)11-3-2-4-12(7-11)19-15(20)13-8-16-5-6-17-13/h2-9H,1H3,(H,19,20). The highest BCUT2D eigenvalue weighted by Crippen LogP contribution is 2.24. The molecule has 1 amide bonds. The SMILES string of the molecule is Cc1nc(-c2cccc(NC(=O)c3cnccn3)c2)cs1. The Kier molecular flexibility index (Phi) is 3.70. The van der Waals surface area contributed by atoms with Gasteiger partial charge in [0.25, 0.3) is 5.91 Å². The van der Waals surface area contributed by atoms with Crippen LogP contribution >= 0.6 is 11.3 Å². The maximum Gasteiger partial charge on any atom is 0.275 e. The van der Waals surface area contributed by atoms with Crippen molar-refractivity contribution in [2.24, 2.45) is 0 Å². The van der Waals surface area contributed by atoms with E-state index in [0.717, 1.165) is 16.3 Å². The molecule has 104 valence electrons. The Morgan fingerprint density at radius 1 is 1.29 bits per heavy atom. The van der Waals surface area contributed by atoms with Crippen molar-refractivity contribution in [3.8, 4) is 11.3 Å². The molecule has 21 heavy (non-hydrogen) atoms. The molecule has 0 fully saturated rings. The minimum atomic E-state index is -0.283. The number of anilines is 1. The molecule has 2 heterocycles. The van der Waals surface area contributed by atoms with Gasteiger partial charge in [-0.15, -0.1) is 11.3 Å². The highest BCUT2D eigenvalue weighted by atomic mass is 32.1. The van der Waals surface area contributed by atoms with E-state index >= 15 is 0 Å². The third-order valence-electron chi connectivity index (χ3n) is 2.83. The number of hydrogen-bond acceptors (Lipinski definition) is 5. The molecule has 6 heteroatoms. The van der Waals surface area contributed by atoms with E-state index in [1.807, 2.05) is 36.6 Å². The van der Waals surface area contributed by atoms with Gasteiger partial charge < -0.3 is 5.32 Å². The smallest absolute Gasteiger partial charge is 0.275 e. The van der Waals surface area contributed by atoms with Gasteiger partial charge in [0.1, 0.15) is 5.69 Å². The molecule has 0 aliphatic rings. The number of nitrogens with zero attached hydrogens (tertiary/aromatic N) is 3. The molecule has 0 saturated heterocycles. The monoisotopic (exact) mass is 296 g/mol. The van der Waals surface area contributed by atoms with Crippen molar-refractivity contribution in [1.29, 1.82) is 0 Å². The lowest BCUT2D eigenvalue weighted by atomic mass is 10.1. The summed E-state index contributed by atoms with van der Waals surface area (Å²) in [6.45, 7) is 1.97. The number of nitrogens with one attached hydrogen (secondary N) is 1. The van der Waals surface area contributed by atoms with Crippen LogP contribution in [0.15, 0.2) is 48.2 Å². The van der Waals surface area contributed by atoms with Crippen LogP contribution < -0.4 is 5.32 Å². The number of hydrogen-bond donors (Lipinski definition) is 1. The Labute approximate surface area is 125 Å². The predicted molar refractivity (Wildman–Crippen MR) is 82.3 cm³/mol. The molecule has 2 aromatic heterocycles. The summed E-state index contributed by atoms with van der Waals surface area (Å²) in [7, 11) is 0. The molecule has 1 aromatic carbocycles. The molecular formula is C15H12N4OS. The summed E-state index contributed by atoms with van der Waals surface area (Å²) in [6, 6.07) is 7.57. The molecule has 0 bridgehead atoms. The van der Waals surface area contributed by atoms with E-state index in [1.165, 1.54) is 18.6 Å². The second-order valence-corrected chi connectivity index (χ2v) is 5.44. The molecule has 0 unspecified atom stereocenters. The molecule has 0 aliphatic heterocycles. The van der Waals surface area contributed by atoms with Crippen molar-refractivity contribution in [1.82, 2.24) is 15.0 Å². The van der Waals surface area contributed by atoms with E-state index in [1.54, 1.807) is 11.3 Å². The van der Waals surface area contributed by atoms with Crippen LogP contribution in [0, 0.1) is 6.92 Å². The van der Waals surface area contributed by atoms with Crippen molar-refractivity contribution in [2.75, 3.05) is 5.32 Å². The number of carbonyl (C=O) groups is 1. The minimum absolute atomic E-state index is 0.283. The lowest BCUT2D eigenvalue weighted by Gasteiger charge is -2.05. The molecule has 0 radical (unpaired) electrons. The van der Waals surface area contributed by atoms with Gasteiger partial charge in [0.2, 0.25) is 0 Å². The Morgan fingerprint density at radius 2 is 2.19 bits per heavy atom. The third kappa shape index (κ3) is 3.11. The number of thiazole rings is 1. The number of amides is 1. The molecule has 1 N–H and O–H groups in total. The lowest BCUT2D eigenvalue weighted by molar-refractivity contribution is 0.102. The first-order chi connectivity index (χ1) is 10.2. The molecular weight excluding hydrogens is 284 g/mol. The van der Waals surface area contributed by atoms with E-state index in [0.29, 0.717) is 5.69 Å². The molecule has 0 aliphatic carbocycles. The predicted octanol–water partition coefficient (Wildman–Crippen LogP) is 3.16. The molecule has 3 rings (SSSR count). The van der Waals surface area contributed by atoms with Crippen LogP contribution in [0.1, 0.15) is 15.5 Å². The van der Waals surface area contributed by atoms with Gasteiger partial charge in [0.05, 0.1) is 16.9 Å². The summed E-state index contributed by atoms with van der Waals surface area (Å²) >= 11 is 1.60. The van der Waals surface area contributed by atoms with E-state index in [9.17, 15) is 4.79 Å². The zero-order chi connectivity index (χ0) is 14.7. The second-order valence-electron chi connectivity index (χ2n) is 4.38. The first-order valence-electron chi connectivity index (χ1n) is 6.32. The first kappa shape index (κ1) is 13.4. The fourth-order valence-corrected chi connectivity index (χ4v) is 2.49. The maximum atomic E-state index is 12.0. The normalized spacial score (nSPS) is 10.3. The summed E-state index contributed by atoms with van der Waals surface area (Å²) in [6.07, 6.45) is 4.45. The molecule has 5 nitrogen and oxygen atoms in total. The number of aryl methyl sites for hydroxylation is 1. The Morgan fingerprint density at radius 3 is 2.90 bits per heavy atom. The van der Waals surface area contributed by atoms with Crippen LogP contribution in [0.3, 0.4) is 0 Å². The Balaban J connectivity index is 1.82. The molecule has 0 spiro atoms. The second kappa shape index (κ2) is 5.80. The highest BCUT2D eigenvalue weighted by Gasteiger charge is 2.08. The Bertz CT molecular complexity index is 770. The molecule has 0 saturated carbocycles. The average Bonchev–Trinajstić information content (AvgIpc) is 2.95. The van der Waals surface area contributed by atoms with Gasteiger partial charge in [0.15, 0.2) is 0 Å². The minimum Gasteiger partial charge on any atom is -0.321 e. The summed E-state index contributed by atoms with van der Waals surface area (Å²) in [5, 5.41) is 5.82. The largest absolute Gasteiger partial charge is 0.321 e. The summed E-state index contributed by atoms with van der Waals surface area (Å²) < 4.78 is 0.